The first-order valence-electron chi connectivity index (χ1n) is 5.66. The molecular formula is C14H10F3NO2. The first-order chi connectivity index (χ1) is 9.29. The van der Waals surface area contributed by atoms with Gasteiger partial charge in [-0.15, -0.1) is 0 Å². The van der Waals surface area contributed by atoms with Crippen LogP contribution in [0.15, 0.2) is 36.5 Å². The van der Waals surface area contributed by atoms with E-state index in [1.165, 1.54) is 12.1 Å². The second-order valence-electron chi connectivity index (χ2n) is 4.28. The van der Waals surface area contributed by atoms with Crippen molar-refractivity contribution < 1.29 is 23.1 Å². The molecule has 0 aliphatic carbocycles. The summed E-state index contributed by atoms with van der Waals surface area (Å²) in [7, 11) is 0. The first kappa shape index (κ1) is 14.0. The average molecular weight is 281 g/mol. The van der Waals surface area contributed by atoms with Crippen molar-refractivity contribution in [1.29, 1.82) is 0 Å². The number of aromatic carboxylic acids is 1. The van der Waals surface area contributed by atoms with Gasteiger partial charge >= 0.3 is 12.1 Å². The Morgan fingerprint density at radius 1 is 1.20 bits per heavy atom. The van der Waals surface area contributed by atoms with Crippen LogP contribution >= 0.6 is 0 Å². The molecular weight excluding hydrogens is 271 g/mol. The highest BCUT2D eigenvalue weighted by atomic mass is 19.4. The van der Waals surface area contributed by atoms with Gasteiger partial charge in [-0.05, 0) is 24.6 Å². The Morgan fingerprint density at radius 2 is 1.90 bits per heavy atom. The van der Waals surface area contributed by atoms with Crippen LogP contribution in [0.25, 0.3) is 11.1 Å². The topological polar surface area (TPSA) is 50.2 Å². The number of halogens is 3. The SMILES string of the molecule is Cc1ccc(-c2ccc(C(F)(F)F)nc2)c(C(=O)O)c1. The predicted octanol–water partition coefficient (Wildman–Crippen LogP) is 3.77. The van der Waals surface area contributed by atoms with Crippen LogP contribution in [-0.4, -0.2) is 16.1 Å². The van der Waals surface area contributed by atoms with Crippen LogP contribution in [0.3, 0.4) is 0 Å². The van der Waals surface area contributed by atoms with Crippen LogP contribution in [0.5, 0.6) is 0 Å². The number of carboxylic acid groups (broad SMARTS) is 1. The van der Waals surface area contributed by atoms with E-state index in [-0.39, 0.29) is 5.56 Å². The van der Waals surface area contributed by atoms with Gasteiger partial charge < -0.3 is 5.11 Å². The quantitative estimate of drug-likeness (QED) is 0.911. The molecule has 0 unspecified atom stereocenters. The molecule has 0 saturated heterocycles. The second-order valence-corrected chi connectivity index (χ2v) is 4.28. The number of rotatable bonds is 2. The third-order valence-electron chi connectivity index (χ3n) is 2.77. The van der Waals surface area contributed by atoms with Gasteiger partial charge in [0.25, 0.3) is 0 Å². The number of nitrogens with zero attached hydrogens (tertiary/aromatic N) is 1. The number of pyridine rings is 1. The predicted molar refractivity (Wildman–Crippen MR) is 66.4 cm³/mol. The molecule has 0 amide bonds. The third-order valence-corrected chi connectivity index (χ3v) is 2.77. The Labute approximate surface area is 112 Å². The summed E-state index contributed by atoms with van der Waals surface area (Å²) in [6.07, 6.45) is -3.48. The molecule has 1 heterocycles. The average Bonchev–Trinajstić information content (AvgIpc) is 2.37. The smallest absolute Gasteiger partial charge is 0.433 e. The van der Waals surface area contributed by atoms with E-state index in [4.69, 9.17) is 5.11 Å². The second kappa shape index (κ2) is 4.96. The summed E-state index contributed by atoms with van der Waals surface area (Å²) in [5, 5.41) is 9.13. The van der Waals surface area contributed by atoms with Gasteiger partial charge in [-0.2, -0.15) is 13.2 Å². The van der Waals surface area contributed by atoms with Crippen LogP contribution in [0.1, 0.15) is 21.6 Å². The molecule has 1 N–H and O–H groups in total. The van der Waals surface area contributed by atoms with E-state index in [9.17, 15) is 18.0 Å². The summed E-state index contributed by atoms with van der Waals surface area (Å²) in [4.78, 5) is 14.5. The number of carbonyl (C=O) groups is 1. The molecule has 0 aliphatic rings. The molecule has 20 heavy (non-hydrogen) atoms. The number of carboxylic acids is 1. The molecule has 3 nitrogen and oxygen atoms in total. The maximum Gasteiger partial charge on any atom is 0.433 e. The standard InChI is InChI=1S/C14H10F3NO2/c1-8-2-4-10(11(6-8)13(19)20)9-3-5-12(18-7-9)14(15,16)17/h2-7H,1H3,(H,19,20). The normalized spacial score (nSPS) is 11.4. The summed E-state index contributed by atoms with van der Waals surface area (Å²) in [5.41, 5.74) is 0.447. The lowest BCUT2D eigenvalue weighted by molar-refractivity contribution is -0.141. The zero-order valence-corrected chi connectivity index (χ0v) is 10.4. The Hall–Kier alpha value is -2.37. The number of alkyl halides is 3. The molecule has 104 valence electrons. The minimum atomic E-state index is -4.51. The summed E-state index contributed by atoms with van der Waals surface area (Å²) in [6, 6.07) is 6.77. The minimum absolute atomic E-state index is 0.0339. The summed E-state index contributed by atoms with van der Waals surface area (Å²) >= 11 is 0. The van der Waals surface area contributed by atoms with Crippen molar-refractivity contribution in [3.05, 3.63) is 53.3 Å². The van der Waals surface area contributed by atoms with Crippen molar-refractivity contribution in [2.75, 3.05) is 0 Å². The summed E-state index contributed by atoms with van der Waals surface area (Å²) in [5.74, 6) is -1.14. The zero-order chi connectivity index (χ0) is 14.9. The molecule has 1 aromatic carbocycles. The number of benzene rings is 1. The Kier molecular flexibility index (Phi) is 3.48. The maximum atomic E-state index is 12.4. The fraction of sp³-hybridized carbons (Fsp3) is 0.143. The Bertz CT molecular complexity index is 648. The number of hydrogen-bond acceptors (Lipinski definition) is 2. The van der Waals surface area contributed by atoms with Crippen molar-refractivity contribution in [2.24, 2.45) is 0 Å². The van der Waals surface area contributed by atoms with Gasteiger partial charge in [0, 0.05) is 11.8 Å². The van der Waals surface area contributed by atoms with E-state index in [1.807, 2.05) is 0 Å². The molecule has 1 aromatic heterocycles. The molecule has 6 heteroatoms. The van der Waals surface area contributed by atoms with Crippen molar-refractivity contribution >= 4 is 5.97 Å². The van der Waals surface area contributed by atoms with Gasteiger partial charge in [-0.3, -0.25) is 4.98 Å². The molecule has 0 fully saturated rings. The number of aromatic nitrogens is 1. The summed E-state index contributed by atoms with van der Waals surface area (Å²) < 4.78 is 37.3. The van der Waals surface area contributed by atoms with Crippen LogP contribution in [0.2, 0.25) is 0 Å². The molecule has 0 radical (unpaired) electrons. The number of aryl methyl sites for hydroxylation is 1. The van der Waals surface area contributed by atoms with E-state index < -0.39 is 17.8 Å². The van der Waals surface area contributed by atoms with Crippen LogP contribution in [0, 0.1) is 6.92 Å². The fourth-order valence-corrected chi connectivity index (χ4v) is 1.81. The molecule has 2 aromatic rings. The van der Waals surface area contributed by atoms with E-state index in [2.05, 4.69) is 4.98 Å². The highest BCUT2D eigenvalue weighted by Gasteiger charge is 2.32. The van der Waals surface area contributed by atoms with Gasteiger partial charge in [0.2, 0.25) is 0 Å². The lowest BCUT2D eigenvalue weighted by atomic mass is 9.99. The maximum absolute atomic E-state index is 12.4. The molecule has 0 bridgehead atoms. The van der Waals surface area contributed by atoms with Gasteiger partial charge in [-0.1, -0.05) is 23.8 Å². The lowest BCUT2D eigenvalue weighted by Crippen LogP contribution is -2.07. The Balaban J connectivity index is 2.50. The zero-order valence-electron chi connectivity index (χ0n) is 10.4. The minimum Gasteiger partial charge on any atom is -0.478 e. The molecule has 2 rings (SSSR count). The molecule has 0 saturated carbocycles. The van der Waals surface area contributed by atoms with Crippen LogP contribution in [-0.2, 0) is 6.18 Å². The summed E-state index contributed by atoms with van der Waals surface area (Å²) in [6.45, 7) is 1.74. The molecule has 0 aliphatic heterocycles. The van der Waals surface area contributed by atoms with Crippen molar-refractivity contribution in [3.8, 4) is 11.1 Å². The molecule has 0 atom stereocenters. The van der Waals surface area contributed by atoms with Crippen LogP contribution in [0.4, 0.5) is 13.2 Å². The fourth-order valence-electron chi connectivity index (χ4n) is 1.81. The highest BCUT2D eigenvalue weighted by Crippen LogP contribution is 2.30. The number of hydrogen-bond donors (Lipinski definition) is 1. The largest absolute Gasteiger partial charge is 0.478 e. The highest BCUT2D eigenvalue weighted by molar-refractivity contribution is 5.96. The van der Waals surface area contributed by atoms with E-state index >= 15 is 0 Å². The molecule has 0 spiro atoms. The Morgan fingerprint density at radius 3 is 2.40 bits per heavy atom. The van der Waals surface area contributed by atoms with E-state index in [0.29, 0.717) is 11.1 Å². The van der Waals surface area contributed by atoms with Gasteiger partial charge in [-0.25, -0.2) is 4.79 Å². The van der Waals surface area contributed by atoms with Gasteiger partial charge in [0.05, 0.1) is 5.56 Å². The van der Waals surface area contributed by atoms with Crippen molar-refractivity contribution in [2.45, 2.75) is 13.1 Å². The van der Waals surface area contributed by atoms with E-state index in [1.54, 1.807) is 19.1 Å². The monoisotopic (exact) mass is 281 g/mol. The van der Waals surface area contributed by atoms with Gasteiger partial charge in [0.15, 0.2) is 0 Å². The lowest BCUT2D eigenvalue weighted by Gasteiger charge is -2.09. The van der Waals surface area contributed by atoms with Crippen molar-refractivity contribution in [3.63, 3.8) is 0 Å². The van der Waals surface area contributed by atoms with E-state index in [0.717, 1.165) is 17.8 Å². The van der Waals surface area contributed by atoms with Crippen LogP contribution < -0.4 is 0 Å². The van der Waals surface area contributed by atoms with Gasteiger partial charge in [0.1, 0.15) is 5.69 Å². The first-order valence-corrected chi connectivity index (χ1v) is 5.66. The third kappa shape index (κ3) is 2.79. The van der Waals surface area contributed by atoms with Crippen molar-refractivity contribution in [1.82, 2.24) is 4.98 Å².